The second kappa shape index (κ2) is 14.3. The third kappa shape index (κ3) is 7.00. The molecule has 8 rings (SSSR count). The molecule has 0 saturated carbocycles. The second-order valence-corrected chi connectivity index (χ2v) is 12.2. The fourth-order valence-corrected chi connectivity index (χ4v) is 6.17. The summed E-state index contributed by atoms with van der Waals surface area (Å²) in [6.07, 6.45) is 6.30. The molecule has 3 heterocycles. The quantitative estimate of drug-likeness (QED) is 0.145. The Hall–Kier alpha value is -6.85. The zero-order valence-electron chi connectivity index (χ0n) is 27.9. The molecular formula is C46H33N5. The average molecular weight is 656 g/mol. The molecule has 5 heteroatoms. The molecular weight excluding hydrogens is 623 g/mol. The summed E-state index contributed by atoms with van der Waals surface area (Å²) in [6.45, 7) is 3.85. The van der Waals surface area contributed by atoms with Gasteiger partial charge in [-0.15, -0.1) is 6.58 Å². The van der Waals surface area contributed by atoms with Crippen molar-refractivity contribution in [3.63, 3.8) is 0 Å². The van der Waals surface area contributed by atoms with Crippen molar-refractivity contribution in [1.29, 1.82) is 0 Å². The van der Waals surface area contributed by atoms with E-state index in [9.17, 15) is 0 Å². The molecule has 0 radical (unpaired) electrons. The lowest BCUT2D eigenvalue weighted by atomic mass is 9.95. The lowest BCUT2D eigenvalue weighted by molar-refractivity contribution is 1.05. The van der Waals surface area contributed by atoms with Crippen LogP contribution in [0.4, 0.5) is 0 Å². The molecule has 0 saturated heterocycles. The van der Waals surface area contributed by atoms with E-state index in [4.69, 9.17) is 15.0 Å². The maximum atomic E-state index is 4.85. The van der Waals surface area contributed by atoms with Gasteiger partial charge in [0.05, 0.1) is 0 Å². The Bertz CT molecular complexity index is 2380. The molecule has 0 amide bonds. The summed E-state index contributed by atoms with van der Waals surface area (Å²) in [5.41, 5.74) is 12.8. The third-order valence-electron chi connectivity index (χ3n) is 8.82. The summed E-state index contributed by atoms with van der Waals surface area (Å²) in [5, 5.41) is 0. The molecule has 0 spiro atoms. The molecule has 0 atom stereocenters. The molecule has 0 N–H and O–H groups in total. The van der Waals surface area contributed by atoms with E-state index in [-0.39, 0.29) is 0 Å². The normalized spacial score (nSPS) is 10.9. The minimum Gasteiger partial charge on any atom is -0.253 e. The molecule has 0 bridgehead atoms. The van der Waals surface area contributed by atoms with Crippen molar-refractivity contribution in [2.45, 2.75) is 6.42 Å². The van der Waals surface area contributed by atoms with Crippen LogP contribution in [0, 0.1) is 0 Å². The Morgan fingerprint density at radius 3 is 1.20 bits per heavy atom. The minimum atomic E-state index is 0.502. The minimum absolute atomic E-state index is 0.502. The van der Waals surface area contributed by atoms with Crippen LogP contribution >= 0.6 is 0 Å². The fraction of sp³-hybridized carbons (Fsp3) is 0.0217. The van der Waals surface area contributed by atoms with Crippen LogP contribution in [-0.4, -0.2) is 24.9 Å². The molecule has 242 valence electrons. The molecule has 0 aliphatic carbocycles. The summed E-state index contributed by atoms with van der Waals surface area (Å²) < 4.78 is 0. The number of rotatable bonds is 9. The number of aromatic nitrogens is 5. The van der Waals surface area contributed by atoms with Crippen molar-refractivity contribution in [3.05, 3.63) is 188 Å². The van der Waals surface area contributed by atoms with Crippen LogP contribution < -0.4 is 0 Å². The van der Waals surface area contributed by atoms with Crippen molar-refractivity contribution in [2.75, 3.05) is 0 Å². The van der Waals surface area contributed by atoms with Crippen LogP contribution in [0.3, 0.4) is 0 Å². The van der Waals surface area contributed by atoms with E-state index in [0.717, 1.165) is 34.2 Å². The summed E-state index contributed by atoms with van der Waals surface area (Å²) in [4.78, 5) is 23.4. The molecule has 5 nitrogen and oxygen atoms in total. The van der Waals surface area contributed by atoms with Gasteiger partial charge in [0.1, 0.15) is 11.4 Å². The second-order valence-electron chi connectivity index (χ2n) is 12.2. The standard InChI is InChI=1S/C46H33N5/c1-2-10-32-19-21-33(22-20-32)36-11-7-12-37(29-36)34-23-25-35(26-24-34)38-13-8-14-39(30-38)40-15-9-16-41(31-40)44-49-45(42-17-3-5-27-47-42)51-46(50-44)43-18-4-6-28-48-43/h2-9,11-31H,1,10H2. The van der Waals surface area contributed by atoms with Gasteiger partial charge in [0.15, 0.2) is 17.5 Å². The van der Waals surface area contributed by atoms with Gasteiger partial charge in [0.25, 0.3) is 0 Å². The van der Waals surface area contributed by atoms with Gasteiger partial charge in [-0.1, -0.05) is 121 Å². The monoisotopic (exact) mass is 655 g/mol. The Kier molecular flexibility index (Phi) is 8.83. The van der Waals surface area contributed by atoms with Crippen LogP contribution in [0.25, 0.3) is 78.9 Å². The lowest BCUT2D eigenvalue weighted by Crippen LogP contribution is -2.01. The first kappa shape index (κ1) is 31.4. The summed E-state index contributed by atoms with van der Waals surface area (Å²) in [5.74, 6) is 1.57. The van der Waals surface area contributed by atoms with Crippen molar-refractivity contribution in [2.24, 2.45) is 0 Å². The van der Waals surface area contributed by atoms with Gasteiger partial charge in [-0.25, -0.2) is 15.0 Å². The number of benzene rings is 5. The van der Waals surface area contributed by atoms with Crippen molar-refractivity contribution < 1.29 is 0 Å². The highest BCUT2D eigenvalue weighted by Gasteiger charge is 2.14. The summed E-state index contributed by atoms with van der Waals surface area (Å²) in [7, 11) is 0. The lowest BCUT2D eigenvalue weighted by Gasteiger charge is -2.10. The Labute approximate surface area is 297 Å². The van der Waals surface area contributed by atoms with Crippen molar-refractivity contribution in [1.82, 2.24) is 24.9 Å². The van der Waals surface area contributed by atoms with Gasteiger partial charge in [-0.2, -0.15) is 0 Å². The molecule has 3 aromatic heterocycles. The Morgan fingerprint density at radius 1 is 0.373 bits per heavy atom. The van der Waals surface area contributed by atoms with E-state index in [1.165, 1.54) is 27.8 Å². The highest BCUT2D eigenvalue weighted by Crippen LogP contribution is 2.32. The number of allylic oxidation sites excluding steroid dienone is 1. The van der Waals surface area contributed by atoms with Crippen LogP contribution in [0.5, 0.6) is 0 Å². The van der Waals surface area contributed by atoms with Crippen LogP contribution in [0.2, 0.25) is 0 Å². The predicted octanol–water partition coefficient (Wildman–Crippen LogP) is 11.1. The molecule has 51 heavy (non-hydrogen) atoms. The first-order valence-electron chi connectivity index (χ1n) is 16.9. The van der Waals surface area contributed by atoms with Gasteiger partial charge < -0.3 is 0 Å². The van der Waals surface area contributed by atoms with Gasteiger partial charge in [0.2, 0.25) is 0 Å². The van der Waals surface area contributed by atoms with Gasteiger partial charge >= 0.3 is 0 Å². The fourth-order valence-electron chi connectivity index (χ4n) is 6.17. The molecule has 5 aromatic carbocycles. The maximum absolute atomic E-state index is 4.85. The van der Waals surface area contributed by atoms with Crippen molar-refractivity contribution in [3.8, 4) is 78.9 Å². The number of pyridine rings is 2. The average Bonchev–Trinajstić information content (AvgIpc) is 3.22. The first-order chi connectivity index (χ1) is 25.2. The summed E-state index contributed by atoms with van der Waals surface area (Å²) >= 11 is 0. The molecule has 0 aliphatic rings. The van der Waals surface area contributed by atoms with Crippen LogP contribution in [-0.2, 0) is 6.42 Å². The van der Waals surface area contributed by atoms with E-state index < -0.39 is 0 Å². The SMILES string of the molecule is C=CCc1ccc(-c2cccc(-c3ccc(-c4cccc(-c5cccc(-c6nc(-c7ccccn7)nc(-c7ccccn7)n6)c5)c4)cc3)c2)cc1. The van der Waals surface area contributed by atoms with Crippen LogP contribution in [0.1, 0.15) is 5.56 Å². The summed E-state index contributed by atoms with van der Waals surface area (Å²) in [6, 6.07) is 54.6. The van der Waals surface area contributed by atoms with E-state index in [2.05, 4.69) is 126 Å². The zero-order valence-corrected chi connectivity index (χ0v) is 27.9. The smallest absolute Gasteiger partial charge is 0.182 e. The molecule has 8 aromatic rings. The zero-order chi connectivity index (χ0) is 34.4. The highest BCUT2D eigenvalue weighted by atomic mass is 15.1. The van der Waals surface area contributed by atoms with E-state index in [1.807, 2.05) is 54.6 Å². The number of nitrogens with zero attached hydrogens (tertiary/aromatic N) is 5. The van der Waals surface area contributed by atoms with Gasteiger partial charge in [0, 0.05) is 18.0 Å². The van der Waals surface area contributed by atoms with E-state index >= 15 is 0 Å². The topological polar surface area (TPSA) is 64.5 Å². The maximum Gasteiger partial charge on any atom is 0.182 e. The van der Waals surface area contributed by atoms with Gasteiger partial charge in [-0.3, -0.25) is 9.97 Å². The third-order valence-corrected chi connectivity index (χ3v) is 8.82. The van der Waals surface area contributed by atoms with E-state index in [0.29, 0.717) is 28.9 Å². The largest absolute Gasteiger partial charge is 0.253 e. The first-order valence-corrected chi connectivity index (χ1v) is 16.9. The Morgan fingerprint density at radius 2 is 0.765 bits per heavy atom. The van der Waals surface area contributed by atoms with Gasteiger partial charge in [-0.05, 0) is 99.0 Å². The van der Waals surface area contributed by atoms with Crippen LogP contribution in [0.15, 0.2) is 183 Å². The van der Waals surface area contributed by atoms with E-state index in [1.54, 1.807) is 12.4 Å². The predicted molar refractivity (Wildman–Crippen MR) is 207 cm³/mol. The number of hydrogen-bond donors (Lipinski definition) is 0. The molecule has 0 aliphatic heterocycles. The Balaban J connectivity index is 1.08. The number of hydrogen-bond acceptors (Lipinski definition) is 5. The van der Waals surface area contributed by atoms with Crippen molar-refractivity contribution >= 4 is 0 Å². The molecule has 0 unspecified atom stereocenters. The molecule has 0 fully saturated rings. The highest BCUT2D eigenvalue weighted by molar-refractivity contribution is 5.79.